The van der Waals surface area contributed by atoms with Gasteiger partial charge in [-0.3, -0.25) is 0 Å². The Morgan fingerprint density at radius 3 is 0.500 bits per heavy atom. The second-order valence-corrected chi connectivity index (χ2v) is 0. The summed E-state index contributed by atoms with van der Waals surface area (Å²) in [7, 11) is 0. The van der Waals surface area contributed by atoms with Crippen LogP contribution in [0, 0.1) is 0 Å². The summed E-state index contributed by atoms with van der Waals surface area (Å²) in [5, 5.41) is 0. The monoisotopic (exact) mass is 518 g/mol. The van der Waals surface area contributed by atoms with E-state index in [0.717, 1.165) is 0 Å². The van der Waals surface area contributed by atoms with Crippen LogP contribution < -0.4 is 0 Å². The fourth-order valence-corrected chi connectivity index (χ4v) is 0. The molecule has 0 aromatic rings. The van der Waals surface area contributed by atoms with Crippen molar-refractivity contribution in [1.29, 1.82) is 0 Å². The maximum absolute atomic E-state index is 0. The van der Waals surface area contributed by atoms with E-state index in [1.165, 1.54) is 0 Å². The molecule has 4 heteroatoms. The van der Waals surface area contributed by atoms with Gasteiger partial charge < -0.3 is 0 Å². The molecule has 4 radical (unpaired) electrons. The Morgan fingerprint density at radius 2 is 0.500 bits per heavy atom. The normalized spacial score (nSPS) is 0. The molecule has 0 amide bonds. The Hall–Kier alpha value is 2.96. The SMILES string of the molecule is [Ag].[Ag].[Ag].[Au]. The van der Waals surface area contributed by atoms with Crippen molar-refractivity contribution in [3.63, 3.8) is 0 Å². The van der Waals surface area contributed by atoms with Crippen LogP contribution in [0.25, 0.3) is 0 Å². The third kappa shape index (κ3) is 8.88. The summed E-state index contributed by atoms with van der Waals surface area (Å²) in [5.74, 6) is 0. The van der Waals surface area contributed by atoms with E-state index in [-0.39, 0.29) is 89.5 Å². The van der Waals surface area contributed by atoms with Gasteiger partial charge in [-0.15, -0.1) is 0 Å². The third-order valence-electron chi connectivity index (χ3n) is 0. The zero-order valence-electron chi connectivity index (χ0n) is 1.21. The molecule has 0 atom stereocenters. The van der Waals surface area contributed by atoms with Crippen molar-refractivity contribution in [2.75, 3.05) is 0 Å². The maximum Gasteiger partial charge on any atom is 0 e. The molecule has 0 N–H and O–H groups in total. The van der Waals surface area contributed by atoms with Crippen molar-refractivity contribution < 1.29 is 89.5 Å². The van der Waals surface area contributed by atoms with Crippen LogP contribution in [-0.2, 0) is 89.5 Å². The van der Waals surface area contributed by atoms with Crippen molar-refractivity contribution in [1.82, 2.24) is 0 Å². The zero-order chi connectivity index (χ0) is 0. The first-order valence-corrected chi connectivity index (χ1v) is 0. The standard InChI is InChI=1S/3Ag.Au. The topological polar surface area (TPSA) is 0 Å². The van der Waals surface area contributed by atoms with Gasteiger partial charge in [0.05, 0.1) is 0 Å². The smallest absolute Gasteiger partial charge is 0 e. The molecule has 0 bridgehead atoms. The molecule has 0 aromatic heterocycles. The van der Waals surface area contributed by atoms with Gasteiger partial charge in [-0.2, -0.15) is 0 Å². The Kier molecular flexibility index (Phi) is 118. The van der Waals surface area contributed by atoms with Gasteiger partial charge in [0.2, 0.25) is 0 Å². The fourth-order valence-electron chi connectivity index (χ4n) is 0. The molecule has 0 unspecified atom stereocenters. The van der Waals surface area contributed by atoms with Crippen molar-refractivity contribution in [2.24, 2.45) is 0 Å². The Labute approximate surface area is 87.9 Å². The minimum atomic E-state index is 0. The van der Waals surface area contributed by atoms with Gasteiger partial charge >= 0.3 is 0 Å². The van der Waals surface area contributed by atoms with Gasteiger partial charge in [-0.05, 0) is 0 Å². The second-order valence-electron chi connectivity index (χ2n) is 0. The first-order valence-electron chi connectivity index (χ1n) is 0. The quantitative estimate of drug-likeness (QED) is 0.395. The van der Waals surface area contributed by atoms with Crippen molar-refractivity contribution >= 4 is 0 Å². The van der Waals surface area contributed by atoms with E-state index in [2.05, 4.69) is 0 Å². The molecule has 0 aromatic carbocycles. The molecule has 0 rings (SSSR count). The molecule has 0 aliphatic heterocycles. The second kappa shape index (κ2) is 16.7. The van der Waals surface area contributed by atoms with Crippen LogP contribution in [-0.4, -0.2) is 0 Å². The van der Waals surface area contributed by atoms with Gasteiger partial charge in [0.25, 0.3) is 0 Å². The predicted molar refractivity (Wildman–Crippen MR) is 0 cm³/mol. The van der Waals surface area contributed by atoms with Crippen molar-refractivity contribution in [3.8, 4) is 0 Å². The van der Waals surface area contributed by atoms with E-state index in [9.17, 15) is 0 Å². The van der Waals surface area contributed by atoms with Gasteiger partial charge in [-0.1, -0.05) is 0 Å². The Balaban J connectivity index is 0. The maximum atomic E-state index is 0. The number of hydrogen-bond donors (Lipinski definition) is 0. The van der Waals surface area contributed by atoms with E-state index in [4.69, 9.17) is 0 Å². The summed E-state index contributed by atoms with van der Waals surface area (Å²) in [6.07, 6.45) is 0. The van der Waals surface area contributed by atoms with E-state index in [1.54, 1.807) is 0 Å². The van der Waals surface area contributed by atoms with Gasteiger partial charge in [0.1, 0.15) is 0 Å². The molecule has 0 saturated carbocycles. The van der Waals surface area contributed by atoms with Gasteiger partial charge in [-0.25, -0.2) is 0 Å². The van der Waals surface area contributed by atoms with Crippen LogP contribution in [0.2, 0.25) is 0 Å². The van der Waals surface area contributed by atoms with E-state index >= 15 is 0 Å². The van der Waals surface area contributed by atoms with Crippen molar-refractivity contribution in [3.05, 3.63) is 0 Å². The molecule has 0 heterocycles. The van der Waals surface area contributed by atoms with Crippen molar-refractivity contribution in [2.45, 2.75) is 0 Å². The minimum Gasteiger partial charge on any atom is 0 e. The largest absolute Gasteiger partial charge is 0 e. The van der Waals surface area contributed by atoms with Crippen LogP contribution in [0.5, 0.6) is 0 Å². The average Bonchev–Trinajstić information content (AvgIpc) is 0. The number of hydrogen-bond acceptors (Lipinski definition) is 0. The summed E-state index contributed by atoms with van der Waals surface area (Å²) in [6.45, 7) is 0. The number of rotatable bonds is 0. The molecule has 0 spiro atoms. The predicted octanol–water partition coefficient (Wildman–Crippen LogP) is -0.0100. The van der Waals surface area contributed by atoms with Gasteiger partial charge in [0, 0.05) is 89.5 Å². The molecular formula is Ag3Au. The molecular weight excluding hydrogens is 521 g/mol. The van der Waals surface area contributed by atoms with E-state index in [1.807, 2.05) is 0 Å². The van der Waals surface area contributed by atoms with Crippen LogP contribution in [0.3, 0.4) is 0 Å². The van der Waals surface area contributed by atoms with Crippen LogP contribution >= 0.6 is 0 Å². The van der Waals surface area contributed by atoms with Crippen LogP contribution in [0.15, 0.2) is 0 Å². The molecule has 0 aliphatic carbocycles. The van der Waals surface area contributed by atoms with E-state index < -0.39 is 0 Å². The van der Waals surface area contributed by atoms with Crippen LogP contribution in [0.1, 0.15) is 0 Å². The summed E-state index contributed by atoms with van der Waals surface area (Å²) < 4.78 is 0. The van der Waals surface area contributed by atoms with Crippen LogP contribution in [0.4, 0.5) is 0 Å². The Bertz CT molecular complexity index is 3.25. The van der Waals surface area contributed by atoms with Gasteiger partial charge in [0.15, 0.2) is 0 Å². The first-order chi connectivity index (χ1) is 0. The fraction of sp³-hybridized carbons (Fsp3) is 0. The zero-order valence-corrected chi connectivity index (χ0v) is 7.82. The van der Waals surface area contributed by atoms with E-state index in [0.29, 0.717) is 0 Å². The Morgan fingerprint density at radius 1 is 0.500 bits per heavy atom. The molecule has 44 valence electrons. The first kappa shape index (κ1) is 28.2. The molecule has 4 heavy (non-hydrogen) atoms. The third-order valence-corrected chi connectivity index (χ3v) is 0. The minimum absolute atomic E-state index is 0. The summed E-state index contributed by atoms with van der Waals surface area (Å²) >= 11 is 0. The summed E-state index contributed by atoms with van der Waals surface area (Å²) in [5.41, 5.74) is 0. The molecule has 0 nitrogen and oxygen atoms in total. The molecule has 0 saturated heterocycles. The average molecular weight is 521 g/mol. The summed E-state index contributed by atoms with van der Waals surface area (Å²) in [4.78, 5) is 0. The molecule has 0 aliphatic rings. The summed E-state index contributed by atoms with van der Waals surface area (Å²) in [6, 6.07) is 0. The molecule has 0 fully saturated rings.